The van der Waals surface area contributed by atoms with Gasteiger partial charge in [-0.2, -0.15) is 13.2 Å². The van der Waals surface area contributed by atoms with Crippen molar-refractivity contribution in [1.82, 2.24) is 4.90 Å². The Kier molecular flexibility index (Phi) is 9.18. The topological polar surface area (TPSA) is 29.3 Å². The Morgan fingerprint density at radius 3 is 2.55 bits per heavy atom. The summed E-state index contributed by atoms with van der Waals surface area (Å²) < 4.78 is 37.6. The van der Waals surface area contributed by atoms with Crippen LogP contribution in [0.15, 0.2) is 71.4 Å². The molecule has 0 aromatic heterocycles. The van der Waals surface area contributed by atoms with E-state index in [9.17, 15) is 13.2 Å². The Morgan fingerprint density at radius 1 is 1.28 bits per heavy atom. The predicted molar refractivity (Wildman–Crippen MR) is 115 cm³/mol. The normalized spacial score (nSPS) is 20.8. The van der Waals surface area contributed by atoms with Crippen LogP contribution in [-0.4, -0.2) is 30.8 Å². The van der Waals surface area contributed by atoms with Crippen molar-refractivity contribution in [3.63, 3.8) is 0 Å². The van der Waals surface area contributed by atoms with Gasteiger partial charge >= 0.3 is 6.18 Å². The van der Waals surface area contributed by atoms with Gasteiger partial charge in [0.05, 0.1) is 6.42 Å². The molecule has 0 aromatic carbocycles. The van der Waals surface area contributed by atoms with Crippen LogP contribution < -0.4 is 5.73 Å². The fourth-order valence-electron chi connectivity index (χ4n) is 3.81. The van der Waals surface area contributed by atoms with Crippen molar-refractivity contribution in [3.8, 4) is 0 Å². The molecule has 0 saturated heterocycles. The SMILES string of the molecule is C=CC1CC=C(/C(=C\C=C/C)CCN(CN)CC2=CC=C(CC(F)(F)F)CC2)C1. The van der Waals surface area contributed by atoms with Gasteiger partial charge < -0.3 is 5.73 Å². The van der Waals surface area contributed by atoms with E-state index in [-0.39, 0.29) is 0 Å². The minimum atomic E-state index is -4.13. The second-order valence-corrected chi connectivity index (χ2v) is 7.81. The van der Waals surface area contributed by atoms with Crippen molar-refractivity contribution in [2.45, 2.75) is 51.6 Å². The van der Waals surface area contributed by atoms with Gasteiger partial charge in [-0.15, -0.1) is 6.58 Å². The van der Waals surface area contributed by atoms with Crippen LogP contribution in [0.1, 0.15) is 45.4 Å². The lowest BCUT2D eigenvalue weighted by Crippen LogP contribution is -2.33. The molecule has 0 saturated carbocycles. The van der Waals surface area contributed by atoms with Gasteiger partial charge in [-0.1, -0.05) is 53.7 Å². The molecule has 2 rings (SSSR count). The Hall–Kier alpha value is -1.85. The average molecular weight is 407 g/mol. The van der Waals surface area contributed by atoms with Crippen LogP contribution in [0.2, 0.25) is 0 Å². The largest absolute Gasteiger partial charge is 0.392 e. The molecule has 2 nitrogen and oxygen atoms in total. The molecule has 5 heteroatoms. The number of allylic oxidation sites excluding steroid dienone is 9. The van der Waals surface area contributed by atoms with Gasteiger partial charge in [0.2, 0.25) is 0 Å². The monoisotopic (exact) mass is 406 g/mol. The van der Waals surface area contributed by atoms with Crippen molar-refractivity contribution in [3.05, 3.63) is 71.4 Å². The first-order chi connectivity index (χ1) is 13.8. The third kappa shape index (κ3) is 8.19. The van der Waals surface area contributed by atoms with E-state index in [4.69, 9.17) is 5.73 Å². The van der Waals surface area contributed by atoms with Crippen molar-refractivity contribution >= 4 is 0 Å². The Bertz CT molecular complexity index is 708. The van der Waals surface area contributed by atoms with Gasteiger partial charge in [0.1, 0.15) is 0 Å². The summed E-state index contributed by atoms with van der Waals surface area (Å²) in [6.07, 6.45) is 13.3. The highest BCUT2D eigenvalue weighted by atomic mass is 19.4. The summed E-state index contributed by atoms with van der Waals surface area (Å²) in [6, 6.07) is 0. The number of alkyl halides is 3. The number of halogens is 3. The molecule has 1 atom stereocenters. The molecule has 0 fully saturated rings. The van der Waals surface area contributed by atoms with Gasteiger partial charge in [-0.05, 0) is 56.1 Å². The first-order valence-electron chi connectivity index (χ1n) is 10.3. The highest BCUT2D eigenvalue weighted by Gasteiger charge is 2.29. The van der Waals surface area contributed by atoms with E-state index in [0.717, 1.165) is 31.4 Å². The smallest absolute Gasteiger partial charge is 0.318 e. The highest BCUT2D eigenvalue weighted by molar-refractivity contribution is 5.37. The van der Waals surface area contributed by atoms with Gasteiger partial charge in [0.25, 0.3) is 0 Å². The fraction of sp³-hybridized carbons (Fsp3) is 0.500. The minimum Gasteiger partial charge on any atom is -0.318 e. The first-order valence-corrected chi connectivity index (χ1v) is 10.3. The summed E-state index contributed by atoms with van der Waals surface area (Å²) in [7, 11) is 0. The van der Waals surface area contributed by atoms with E-state index in [1.165, 1.54) is 11.1 Å². The predicted octanol–water partition coefficient (Wildman–Crippen LogP) is 6.22. The molecule has 0 heterocycles. The molecule has 2 aliphatic carbocycles. The zero-order valence-electron chi connectivity index (χ0n) is 17.3. The molecular formula is C24H33F3N2. The maximum atomic E-state index is 12.5. The van der Waals surface area contributed by atoms with E-state index in [1.807, 2.05) is 25.2 Å². The number of hydrogen-bond donors (Lipinski definition) is 1. The van der Waals surface area contributed by atoms with Crippen LogP contribution in [0.25, 0.3) is 0 Å². The molecule has 0 bridgehead atoms. The maximum Gasteiger partial charge on any atom is 0.392 e. The number of nitrogens with two attached hydrogens (primary N) is 1. The van der Waals surface area contributed by atoms with E-state index in [2.05, 4.69) is 29.7 Å². The minimum absolute atomic E-state index is 0.432. The van der Waals surface area contributed by atoms with Crippen LogP contribution in [0, 0.1) is 5.92 Å². The quantitative estimate of drug-likeness (QED) is 0.265. The summed E-state index contributed by atoms with van der Waals surface area (Å²) in [5, 5.41) is 0. The van der Waals surface area contributed by atoms with Gasteiger partial charge in [0.15, 0.2) is 0 Å². The summed E-state index contributed by atoms with van der Waals surface area (Å²) >= 11 is 0. The molecule has 0 amide bonds. The van der Waals surface area contributed by atoms with E-state index < -0.39 is 12.6 Å². The van der Waals surface area contributed by atoms with E-state index in [1.54, 1.807) is 6.08 Å². The Balaban J connectivity index is 1.94. The summed E-state index contributed by atoms with van der Waals surface area (Å²) in [4.78, 5) is 2.17. The lowest BCUT2D eigenvalue weighted by atomic mass is 9.95. The number of rotatable bonds is 10. The highest BCUT2D eigenvalue weighted by Crippen LogP contribution is 2.33. The second-order valence-electron chi connectivity index (χ2n) is 7.81. The zero-order chi connectivity index (χ0) is 21.3. The van der Waals surface area contributed by atoms with Crippen LogP contribution >= 0.6 is 0 Å². The molecule has 0 aliphatic heterocycles. The zero-order valence-corrected chi connectivity index (χ0v) is 17.3. The molecule has 29 heavy (non-hydrogen) atoms. The van der Waals surface area contributed by atoms with Crippen LogP contribution in [0.4, 0.5) is 13.2 Å². The molecule has 160 valence electrons. The number of nitrogens with zero attached hydrogens (tertiary/aromatic N) is 1. The van der Waals surface area contributed by atoms with Crippen molar-refractivity contribution in [1.29, 1.82) is 0 Å². The first kappa shape index (κ1) is 23.4. The van der Waals surface area contributed by atoms with E-state index >= 15 is 0 Å². The summed E-state index contributed by atoms with van der Waals surface area (Å²) in [5.41, 5.74) is 10.3. The van der Waals surface area contributed by atoms with Crippen LogP contribution in [0.5, 0.6) is 0 Å². The van der Waals surface area contributed by atoms with Crippen molar-refractivity contribution in [2.75, 3.05) is 19.8 Å². The molecule has 2 N–H and O–H groups in total. The van der Waals surface area contributed by atoms with Gasteiger partial charge in [-0.25, -0.2) is 0 Å². The van der Waals surface area contributed by atoms with Gasteiger partial charge in [-0.3, -0.25) is 4.90 Å². The Morgan fingerprint density at radius 2 is 2.00 bits per heavy atom. The number of hydrogen-bond acceptors (Lipinski definition) is 2. The van der Waals surface area contributed by atoms with Crippen LogP contribution in [0.3, 0.4) is 0 Å². The fourth-order valence-corrected chi connectivity index (χ4v) is 3.81. The summed E-state index contributed by atoms with van der Waals surface area (Å²) in [5.74, 6) is 0.523. The molecule has 2 aliphatic rings. The molecule has 0 radical (unpaired) electrons. The second kappa shape index (κ2) is 11.4. The lowest BCUT2D eigenvalue weighted by molar-refractivity contribution is -0.127. The molecule has 0 spiro atoms. The lowest BCUT2D eigenvalue weighted by Gasteiger charge is -2.24. The van der Waals surface area contributed by atoms with Crippen molar-refractivity contribution < 1.29 is 13.2 Å². The Labute approximate surface area is 173 Å². The standard InChI is InChI=1S/C24H33F3N2/c1-3-5-6-22(23-12-11-19(4-2)15-23)13-14-29(18-28)17-21-9-7-20(8-10-21)16-24(25,26)27/h3-7,9,12,19H,2,8,10-11,13-18,28H2,1H3/b5-3-,22-6-. The molecule has 1 unspecified atom stereocenters. The molecular weight excluding hydrogens is 373 g/mol. The summed E-state index contributed by atoms with van der Waals surface area (Å²) in [6.45, 7) is 7.88. The van der Waals surface area contributed by atoms with Crippen molar-refractivity contribution in [2.24, 2.45) is 11.7 Å². The van der Waals surface area contributed by atoms with Crippen LogP contribution in [-0.2, 0) is 0 Å². The maximum absolute atomic E-state index is 12.5. The van der Waals surface area contributed by atoms with Gasteiger partial charge in [0, 0.05) is 19.8 Å². The molecule has 0 aromatic rings. The third-order valence-corrected chi connectivity index (χ3v) is 5.52. The van der Waals surface area contributed by atoms with E-state index in [0.29, 0.717) is 37.5 Å². The third-order valence-electron chi connectivity index (χ3n) is 5.52. The average Bonchev–Trinajstić information content (AvgIpc) is 3.16.